The van der Waals surface area contributed by atoms with Crippen molar-refractivity contribution in [3.63, 3.8) is 0 Å². The van der Waals surface area contributed by atoms with Crippen LogP contribution >= 0.6 is 0 Å². The molecule has 0 unspecified atom stereocenters. The molecule has 0 bridgehead atoms. The maximum Gasteiger partial charge on any atom is 0.335 e. The minimum Gasteiger partial charge on any atom is -0.478 e. The van der Waals surface area contributed by atoms with Gasteiger partial charge in [0, 0.05) is 17.7 Å². The van der Waals surface area contributed by atoms with Crippen molar-refractivity contribution in [3.05, 3.63) is 23.4 Å². The fourth-order valence-corrected chi connectivity index (χ4v) is 1.77. The fourth-order valence-electron chi connectivity index (χ4n) is 1.77. The molecule has 0 spiro atoms. The smallest absolute Gasteiger partial charge is 0.335 e. The van der Waals surface area contributed by atoms with Gasteiger partial charge in [-0.15, -0.1) is 0 Å². The molecule has 0 aromatic carbocycles. The van der Waals surface area contributed by atoms with E-state index in [-0.39, 0.29) is 24.5 Å². The van der Waals surface area contributed by atoms with E-state index in [1.165, 1.54) is 17.0 Å². The van der Waals surface area contributed by atoms with Crippen molar-refractivity contribution in [1.82, 2.24) is 4.98 Å². The first-order valence-corrected chi connectivity index (χ1v) is 6.55. The lowest BCUT2D eigenvalue weighted by molar-refractivity contribution is 0.0696. The van der Waals surface area contributed by atoms with E-state index in [1.54, 1.807) is 0 Å². The summed E-state index contributed by atoms with van der Waals surface area (Å²) in [6.45, 7) is 4.59. The van der Waals surface area contributed by atoms with Crippen LogP contribution in [0.1, 0.15) is 36.8 Å². The van der Waals surface area contributed by atoms with Crippen molar-refractivity contribution in [3.8, 4) is 0 Å². The maximum absolute atomic E-state index is 12.6. The molecule has 0 aliphatic heterocycles. The molecule has 0 atom stereocenters. The second-order valence-electron chi connectivity index (χ2n) is 5.72. The highest BCUT2D eigenvalue weighted by Gasteiger charge is 2.22. The number of aliphatic hydroxyl groups is 1. The second-order valence-corrected chi connectivity index (χ2v) is 5.72. The van der Waals surface area contributed by atoms with Crippen molar-refractivity contribution in [2.45, 2.75) is 32.6 Å². The summed E-state index contributed by atoms with van der Waals surface area (Å²) < 4.78 is 25.2. The average Bonchev–Trinajstić information content (AvgIpc) is 2.36. The van der Waals surface area contributed by atoms with Crippen molar-refractivity contribution >= 4 is 11.8 Å². The topological polar surface area (TPSA) is 73.7 Å². The van der Waals surface area contributed by atoms with E-state index >= 15 is 0 Å². The van der Waals surface area contributed by atoms with Crippen molar-refractivity contribution in [2.75, 3.05) is 24.6 Å². The Morgan fingerprint density at radius 1 is 1.38 bits per heavy atom. The Hall–Kier alpha value is -1.76. The third kappa shape index (κ3) is 4.93. The number of rotatable bonds is 6. The molecular formula is C14H20F2N2O3. The predicted octanol–water partition coefficient (Wildman–Crippen LogP) is 2.14. The number of carbonyl (C=O) groups is 1. The molecule has 2 N–H and O–H groups in total. The van der Waals surface area contributed by atoms with Gasteiger partial charge in [0.1, 0.15) is 5.82 Å². The van der Waals surface area contributed by atoms with Crippen LogP contribution in [-0.2, 0) is 5.41 Å². The van der Waals surface area contributed by atoms with E-state index < -0.39 is 24.4 Å². The standard InChI is InChI=1S/C14H20F2N2O3/c1-14(2,3)10-6-9(13(20)21)7-12(17-10)18(4-5-19)8-11(15)16/h6-7,11,19H,4-5,8H2,1-3H3,(H,20,21). The van der Waals surface area contributed by atoms with Crippen molar-refractivity contribution in [2.24, 2.45) is 0 Å². The van der Waals surface area contributed by atoms with Gasteiger partial charge in [0.05, 0.1) is 18.7 Å². The van der Waals surface area contributed by atoms with Gasteiger partial charge in [0.15, 0.2) is 0 Å². The molecule has 0 amide bonds. The predicted molar refractivity (Wildman–Crippen MR) is 75.2 cm³/mol. The lowest BCUT2D eigenvalue weighted by Gasteiger charge is -2.26. The van der Waals surface area contributed by atoms with Crippen molar-refractivity contribution in [1.29, 1.82) is 0 Å². The molecule has 7 heteroatoms. The molecule has 1 heterocycles. The Balaban J connectivity index is 3.31. The minimum absolute atomic E-state index is 0.0119. The number of carboxylic acids is 1. The molecular weight excluding hydrogens is 282 g/mol. The van der Waals surface area contributed by atoms with Crippen LogP contribution in [0.3, 0.4) is 0 Å². The summed E-state index contributed by atoms with van der Waals surface area (Å²) in [5.74, 6) is -1.01. The van der Waals surface area contributed by atoms with Crippen LogP contribution in [0.15, 0.2) is 12.1 Å². The van der Waals surface area contributed by atoms with Crippen LogP contribution in [0.4, 0.5) is 14.6 Å². The maximum atomic E-state index is 12.6. The number of aliphatic hydroxyl groups excluding tert-OH is 1. The Labute approximate surface area is 122 Å². The van der Waals surface area contributed by atoms with Gasteiger partial charge >= 0.3 is 5.97 Å². The summed E-state index contributed by atoms with van der Waals surface area (Å²) in [4.78, 5) is 16.7. The summed E-state index contributed by atoms with van der Waals surface area (Å²) >= 11 is 0. The highest BCUT2D eigenvalue weighted by Crippen LogP contribution is 2.25. The third-order valence-electron chi connectivity index (χ3n) is 2.88. The van der Waals surface area contributed by atoms with Gasteiger partial charge in [-0.2, -0.15) is 0 Å². The number of pyridine rings is 1. The summed E-state index contributed by atoms with van der Waals surface area (Å²) in [6.07, 6.45) is -2.61. The number of anilines is 1. The monoisotopic (exact) mass is 302 g/mol. The number of aromatic carboxylic acids is 1. The molecule has 0 saturated carbocycles. The second kappa shape index (κ2) is 6.80. The van der Waals surface area contributed by atoms with Crippen LogP contribution < -0.4 is 4.90 Å². The van der Waals surface area contributed by atoms with Crippen molar-refractivity contribution < 1.29 is 23.8 Å². The van der Waals surface area contributed by atoms with Gasteiger partial charge in [-0.25, -0.2) is 18.6 Å². The molecule has 0 saturated heterocycles. The van der Waals surface area contributed by atoms with Gasteiger partial charge in [-0.1, -0.05) is 20.8 Å². The molecule has 0 fully saturated rings. The SMILES string of the molecule is CC(C)(C)c1cc(C(=O)O)cc(N(CCO)CC(F)F)n1. The van der Waals surface area contributed by atoms with Crippen LogP contribution in [0, 0.1) is 0 Å². The van der Waals surface area contributed by atoms with Crippen LogP contribution in [0.25, 0.3) is 0 Å². The van der Waals surface area contributed by atoms with Gasteiger partial charge < -0.3 is 15.1 Å². The number of carboxylic acid groups (broad SMARTS) is 1. The summed E-state index contributed by atoms with van der Waals surface area (Å²) in [5, 5.41) is 18.1. The normalized spacial score (nSPS) is 11.8. The molecule has 0 radical (unpaired) electrons. The molecule has 5 nitrogen and oxygen atoms in total. The summed E-state index contributed by atoms with van der Waals surface area (Å²) in [5.41, 5.74) is 0.0624. The first kappa shape index (κ1) is 17.3. The van der Waals surface area contributed by atoms with Gasteiger partial charge in [-0.05, 0) is 12.1 Å². The lowest BCUT2D eigenvalue weighted by Crippen LogP contribution is -2.33. The third-order valence-corrected chi connectivity index (χ3v) is 2.88. The first-order chi connectivity index (χ1) is 9.65. The molecule has 1 aromatic heterocycles. The molecule has 1 aromatic rings. The Kier molecular flexibility index (Phi) is 5.60. The van der Waals surface area contributed by atoms with E-state index in [0.717, 1.165) is 0 Å². The fraction of sp³-hybridized carbons (Fsp3) is 0.571. The van der Waals surface area contributed by atoms with Gasteiger partial charge in [0.25, 0.3) is 6.43 Å². The van der Waals surface area contributed by atoms with E-state index in [4.69, 9.17) is 10.2 Å². The zero-order chi connectivity index (χ0) is 16.2. The molecule has 1 rings (SSSR count). The number of hydrogen-bond donors (Lipinski definition) is 2. The molecule has 0 aliphatic rings. The number of halogens is 2. The molecule has 0 aliphatic carbocycles. The van der Waals surface area contributed by atoms with E-state index in [1.807, 2.05) is 20.8 Å². The Bertz CT molecular complexity index is 501. The Morgan fingerprint density at radius 2 is 2.00 bits per heavy atom. The van der Waals surface area contributed by atoms with E-state index in [2.05, 4.69) is 4.98 Å². The summed E-state index contributed by atoms with van der Waals surface area (Å²) in [7, 11) is 0. The molecule has 21 heavy (non-hydrogen) atoms. The minimum atomic E-state index is -2.61. The number of hydrogen-bond acceptors (Lipinski definition) is 4. The molecule has 118 valence electrons. The van der Waals surface area contributed by atoms with E-state index in [0.29, 0.717) is 5.69 Å². The van der Waals surface area contributed by atoms with Crippen LogP contribution in [-0.4, -0.2) is 47.3 Å². The Morgan fingerprint density at radius 3 is 2.43 bits per heavy atom. The van der Waals surface area contributed by atoms with Crippen LogP contribution in [0.5, 0.6) is 0 Å². The highest BCUT2D eigenvalue weighted by molar-refractivity contribution is 5.88. The van der Waals surface area contributed by atoms with Crippen LogP contribution in [0.2, 0.25) is 0 Å². The van der Waals surface area contributed by atoms with Gasteiger partial charge in [0.2, 0.25) is 0 Å². The lowest BCUT2D eigenvalue weighted by atomic mass is 9.90. The van der Waals surface area contributed by atoms with E-state index in [9.17, 15) is 13.6 Å². The number of alkyl halides is 2. The average molecular weight is 302 g/mol. The zero-order valence-corrected chi connectivity index (χ0v) is 12.3. The summed E-state index contributed by atoms with van der Waals surface area (Å²) in [6, 6.07) is 2.68. The first-order valence-electron chi connectivity index (χ1n) is 6.55. The van der Waals surface area contributed by atoms with Gasteiger partial charge in [-0.3, -0.25) is 0 Å². The quantitative estimate of drug-likeness (QED) is 0.842. The number of nitrogens with zero attached hydrogens (tertiary/aromatic N) is 2. The largest absolute Gasteiger partial charge is 0.478 e. The zero-order valence-electron chi connectivity index (χ0n) is 12.3. The number of aromatic nitrogens is 1. The highest BCUT2D eigenvalue weighted by atomic mass is 19.3.